The lowest BCUT2D eigenvalue weighted by molar-refractivity contribution is 0.640. The van der Waals surface area contributed by atoms with E-state index < -0.39 is 0 Å². The molecule has 0 bridgehead atoms. The van der Waals surface area contributed by atoms with Gasteiger partial charge in [0.15, 0.2) is 10.3 Å². The summed E-state index contributed by atoms with van der Waals surface area (Å²) in [4.78, 5) is 22.6. The second-order valence-corrected chi connectivity index (χ2v) is 7.46. The van der Waals surface area contributed by atoms with E-state index in [1.807, 2.05) is 30.9 Å². The summed E-state index contributed by atoms with van der Waals surface area (Å²) in [5.74, 6) is 1.06. The van der Waals surface area contributed by atoms with Crippen molar-refractivity contribution in [2.24, 2.45) is 0 Å². The van der Waals surface area contributed by atoms with E-state index >= 15 is 0 Å². The zero-order valence-electron chi connectivity index (χ0n) is 13.6. The number of hydrogen-bond acceptors (Lipinski definition) is 8. The van der Waals surface area contributed by atoms with Crippen LogP contribution in [0.25, 0.3) is 10.2 Å². The molecule has 3 aromatic heterocycles. The number of thioether (sulfide) groups is 1. The number of aryl methyl sites for hydroxylation is 1. The van der Waals surface area contributed by atoms with Gasteiger partial charge in [0, 0.05) is 44.1 Å². The van der Waals surface area contributed by atoms with Gasteiger partial charge in [-0.15, -0.1) is 0 Å². The average molecular weight is 358 g/mol. The summed E-state index contributed by atoms with van der Waals surface area (Å²) in [6.07, 6.45) is 7.58. The van der Waals surface area contributed by atoms with Gasteiger partial charge in [-0.05, 0) is 19.2 Å². The number of fused-ring (bicyclic) bond motifs is 1. The second-order valence-electron chi connectivity index (χ2n) is 5.68. The van der Waals surface area contributed by atoms with Crippen LogP contribution in [0.4, 0.5) is 10.9 Å². The Kier molecular flexibility index (Phi) is 4.24. The third-order valence-corrected chi connectivity index (χ3v) is 5.79. The van der Waals surface area contributed by atoms with Gasteiger partial charge in [0.25, 0.3) is 0 Å². The average Bonchev–Trinajstić information content (AvgIpc) is 3.06. The summed E-state index contributed by atoms with van der Waals surface area (Å²) < 4.78 is 1.19. The molecular weight excluding hydrogens is 340 g/mol. The molecule has 6 nitrogen and oxygen atoms in total. The Morgan fingerprint density at radius 1 is 1.08 bits per heavy atom. The van der Waals surface area contributed by atoms with Gasteiger partial charge in [-0.1, -0.05) is 23.1 Å². The number of hydrogen-bond donors (Lipinski definition) is 0. The molecule has 1 aliphatic rings. The highest BCUT2D eigenvalue weighted by Gasteiger charge is 2.22. The quantitative estimate of drug-likeness (QED) is 0.527. The van der Waals surface area contributed by atoms with Gasteiger partial charge >= 0.3 is 0 Å². The van der Waals surface area contributed by atoms with Crippen LogP contribution in [0.5, 0.6) is 0 Å². The Morgan fingerprint density at radius 3 is 2.62 bits per heavy atom. The molecule has 4 heterocycles. The molecule has 0 aromatic carbocycles. The molecule has 0 atom stereocenters. The number of pyridine rings is 1. The Morgan fingerprint density at radius 2 is 1.88 bits per heavy atom. The number of anilines is 2. The lowest BCUT2D eigenvalue weighted by Crippen LogP contribution is -2.47. The van der Waals surface area contributed by atoms with E-state index in [1.165, 1.54) is 4.70 Å². The minimum Gasteiger partial charge on any atom is -0.353 e. The molecule has 0 unspecified atom stereocenters. The number of nitrogens with zero attached hydrogens (tertiary/aromatic N) is 6. The van der Waals surface area contributed by atoms with Gasteiger partial charge in [-0.2, -0.15) is 0 Å². The lowest BCUT2D eigenvalue weighted by atomic mass is 10.2. The fourth-order valence-electron chi connectivity index (χ4n) is 2.85. The molecule has 1 saturated heterocycles. The summed E-state index contributed by atoms with van der Waals surface area (Å²) in [6, 6.07) is 2.03. The van der Waals surface area contributed by atoms with Gasteiger partial charge in [0.2, 0.25) is 0 Å². The number of thiazole rings is 1. The van der Waals surface area contributed by atoms with Crippen LogP contribution >= 0.6 is 23.1 Å². The smallest absolute Gasteiger partial charge is 0.189 e. The molecule has 0 radical (unpaired) electrons. The van der Waals surface area contributed by atoms with E-state index in [2.05, 4.69) is 31.7 Å². The fraction of sp³-hybridized carbons (Fsp3) is 0.375. The first-order chi connectivity index (χ1) is 11.7. The number of piperazine rings is 1. The van der Waals surface area contributed by atoms with Gasteiger partial charge in [-0.25, -0.2) is 15.0 Å². The van der Waals surface area contributed by atoms with Crippen molar-refractivity contribution in [3.63, 3.8) is 0 Å². The minimum absolute atomic E-state index is 0.830. The number of rotatable bonds is 3. The van der Waals surface area contributed by atoms with Crippen molar-refractivity contribution in [1.29, 1.82) is 0 Å². The Bertz CT molecular complexity index is 824. The standard InChI is InChI=1S/C16H18N6S2/c1-11-9-18-15(23-2)20-14(11)21-5-7-22(8-6-21)16-19-12-10-17-4-3-13(12)24-16/h3-4,9-10H,5-8H2,1-2H3. The van der Waals surface area contributed by atoms with E-state index in [1.54, 1.807) is 23.1 Å². The van der Waals surface area contributed by atoms with Crippen molar-refractivity contribution in [1.82, 2.24) is 19.9 Å². The molecule has 0 spiro atoms. The van der Waals surface area contributed by atoms with Crippen LogP contribution in [0, 0.1) is 6.92 Å². The van der Waals surface area contributed by atoms with E-state index in [-0.39, 0.29) is 0 Å². The summed E-state index contributed by atoms with van der Waals surface area (Å²) in [7, 11) is 0. The molecule has 3 aromatic rings. The molecular formula is C16H18N6S2. The normalized spacial score (nSPS) is 15.2. The topological polar surface area (TPSA) is 58.0 Å². The van der Waals surface area contributed by atoms with Crippen molar-refractivity contribution < 1.29 is 0 Å². The maximum Gasteiger partial charge on any atom is 0.189 e. The predicted molar refractivity (Wildman–Crippen MR) is 100 cm³/mol. The molecule has 0 saturated carbocycles. The van der Waals surface area contributed by atoms with Crippen molar-refractivity contribution >= 4 is 44.3 Å². The second kappa shape index (κ2) is 6.52. The first-order valence-corrected chi connectivity index (χ1v) is 9.87. The number of aromatic nitrogens is 4. The van der Waals surface area contributed by atoms with Gasteiger partial charge in [0.05, 0.1) is 10.9 Å². The highest BCUT2D eigenvalue weighted by molar-refractivity contribution is 7.98. The molecule has 124 valence electrons. The summed E-state index contributed by atoms with van der Waals surface area (Å²) in [5, 5.41) is 1.92. The Labute approximate surface area is 149 Å². The van der Waals surface area contributed by atoms with Crippen LogP contribution in [-0.4, -0.2) is 52.4 Å². The van der Waals surface area contributed by atoms with Crippen LogP contribution < -0.4 is 9.80 Å². The summed E-state index contributed by atoms with van der Waals surface area (Å²) in [5.41, 5.74) is 2.11. The van der Waals surface area contributed by atoms with Gasteiger partial charge in [-0.3, -0.25) is 4.98 Å². The fourth-order valence-corrected chi connectivity index (χ4v) is 4.17. The minimum atomic E-state index is 0.830. The molecule has 24 heavy (non-hydrogen) atoms. The van der Waals surface area contributed by atoms with Crippen LogP contribution in [0.1, 0.15) is 5.56 Å². The summed E-state index contributed by atoms with van der Waals surface area (Å²) in [6.45, 7) is 5.86. The van der Waals surface area contributed by atoms with E-state index in [0.29, 0.717) is 0 Å². The lowest BCUT2D eigenvalue weighted by Gasteiger charge is -2.35. The van der Waals surface area contributed by atoms with Crippen LogP contribution in [0.3, 0.4) is 0 Å². The van der Waals surface area contributed by atoms with Crippen molar-refractivity contribution in [2.75, 3.05) is 42.2 Å². The molecule has 1 aliphatic heterocycles. The molecule has 8 heteroatoms. The third kappa shape index (κ3) is 2.91. The maximum atomic E-state index is 4.71. The highest BCUT2D eigenvalue weighted by atomic mass is 32.2. The highest BCUT2D eigenvalue weighted by Crippen LogP contribution is 2.29. The zero-order valence-corrected chi connectivity index (χ0v) is 15.3. The van der Waals surface area contributed by atoms with Crippen LogP contribution in [0.2, 0.25) is 0 Å². The van der Waals surface area contributed by atoms with E-state index in [4.69, 9.17) is 4.98 Å². The first-order valence-electron chi connectivity index (χ1n) is 7.82. The predicted octanol–water partition coefficient (Wildman–Crippen LogP) is 2.84. The third-order valence-electron chi connectivity index (χ3n) is 4.13. The van der Waals surface area contributed by atoms with Crippen LogP contribution in [-0.2, 0) is 0 Å². The first kappa shape index (κ1) is 15.6. The monoisotopic (exact) mass is 358 g/mol. The molecule has 4 rings (SSSR count). The SMILES string of the molecule is CSc1ncc(C)c(N2CCN(c3nc4cnccc4s3)CC2)n1. The molecule has 1 fully saturated rings. The Balaban J connectivity index is 1.50. The zero-order chi connectivity index (χ0) is 16.5. The van der Waals surface area contributed by atoms with Crippen LogP contribution in [0.15, 0.2) is 29.8 Å². The van der Waals surface area contributed by atoms with Crippen molar-refractivity contribution in [3.05, 3.63) is 30.2 Å². The van der Waals surface area contributed by atoms with Gasteiger partial charge < -0.3 is 9.80 Å². The Hall–Kier alpha value is -1.93. The van der Waals surface area contributed by atoms with Gasteiger partial charge in [0.1, 0.15) is 11.3 Å². The van der Waals surface area contributed by atoms with E-state index in [0.717, 1.165) is 53.4 Å². The maximum absolute atomic E-state index is 4.71. The molecule has 0 aliphatic carbocycles. The van der Waals surface area contributed by atoms with E-state index in [9.17, 15) is 0 Å². The molecule has 0 amide bonds. The summed E-state index contributed by atoms with van der Waals surface area (Å²) >= 11 is 3.32. The molecule has 0 N–H and O–H groups in total. The largest absolute Gasteiger partial charge is 0.353 e. The van der Waals surface area contributed by atoms with Crippen molar-refractivity contribution in [2.45, 2.75) is 12.1 Å². The van der Waals surface area contributed by atoms with Crippen molar-refractivity contribution in [3.8, 4) is 0 Å².